The highest BCUT2D eigenvalue weighted by atomic mass is 32.1. The van der Waals surface area contributed by atoms with Crippen molar-refractivity contribution < 1.29 is 22.6 Å². The molecular formula is C20H24F3N3O2S. The molecule has 0 unspecified atom stereocenters. The molecule has 29 heavy (non-hydrogen) atoms. The first kappa shape index (κ1) is 22.9. The fourth-order valence-corrected chi connectivity index (χ4v) is 2.67. The molecule has 0 aliphatic heterocycles. The summed E-state index contributed by atoms with van der Waals surface area (Å²) in [5.74, 6) is -0.285. The minimum atomic E-state index is -4.71. The number of hydrogen-bond acceptors (Lipinski definition) is 4. The van der Waals surface area contributed by atoms with Crippen LogP contribution in [0.2, 0.25) is 0 Å². The smallest absolute Gasteiger partial charge is 0.406 e. The van der Waals surface area contributed by atoms with Gasteiger partial charge in [0.05, 0.1) is 13.2 Å². The van der Waals surface area contributed by atoms with Crippen LogP contribution in [0, 0.1) is 0 Å². The number of nitrogens with zero attached hydrogens (tertiary/aromatic N) is 1. The normalized spacial score (nSPS) is 11.3. The summed E-state index contributed by atoms with van der Waals surface area (Å²) in [6, 6.07) is 15.6. The summed E-state index contributed by atoms with van der Waals surface area (Å²) in [5, 5.41) is 6.23. The molecule has 0 saturated heterocycles. The second-order valence-corrected chi connectivity index (χ2v) is 6.70. The first-order chi connectivity index (χ1) is 13.8. The van der Waals surface area contributed by atoms with E-state index in [0.717, 1.165) is 13.1 Å². The molecule has 9 heteroatoms. The van der Waals surface area contributed by atoms with E-state index in [0.29, 0.717) is 30.6 Å². The quantitative estimate of drug-likeness (QED) is 0.441. The van der Waals surface area contributed by atoms with Gasteiger partial charge in [-0.1, -0.05) is 30.3 Å². The predicted octanol–water partition coefficient (Wildman–Crippen LogP) is 4.02. The van der Waals surface area contributed by atoms with E-state index in [-0.39, 0.29) is 5.75 Å². The van der Waals surface area contributed by atoms with E-state index in [1.165, 1.54) is 29.8 Å². The van der Waals surface area contributed by atoms with Crippen LogP contribution in [0.5, 0.6) is 5.75 Å². The molecular weight excluding hydrogens is 403 g/mol. The molecule has 5 nitrogen and oxygen atoms in total. The number of nitrogens with one attached hydrogen (secondary N) is 2. The molecule has 0 heterocycles. The molecule has 0 atom stereocenters. The summed E-state index contributed by atoms with van der Waals surface area (Å²) < 4.78 is 45.8. The van der Waals surface area contributed by atoms with Gasteiger partial charge < -0.3 is 20.1 Å². The molecule has 2 rings (SSSR count). The maximum atomic E-state index is 12.1. The Morgan fingerprint density at radius 3 is 2.38 bits per heavy atom. The van der Waals surface area contributed by atoms with E-state index in [9.17, 15) is 13.2 Å². The topological polar surface area (TPSA) is 45.8 Å². The Morgan fingerprint density at radius 2 is 1.72 bits per heavy atom. The molecule has 0 spiro atoms. The van der Waals surface area contributed by atoms with Crippen LogP contribution in [0.3, 0.4) is 0 Å². The number of likely N-dealkylation sites (N-methyl/N-ethyl adjacent to an activating group) is 1. The number of thiocarbonyl (C=S) groups is 1. The lowest BCUT2D eigenvalue weighted by Gasteiger charge is -2.17. The molecule has 2 N–H and O–H groups in total. The third kappa shape index (κ3) is 10.1. The fourth-order valence-electron chi connectivity index (χ4n) is 2.45. The van der Waals surface area contributed by atoms with E-state index in [1.807, 2.05) is 25.2 Å². The number of benzene rings is 2. The van der Waals surface area contributed by atoms with Crippen molar-refractivity contribution in [3.63, 3.8) is 0 Å². The molecule has 0 saturated carbocycles. The number of rotatable bonds is 10. The van der Waals surface area contributed by atoms with Crippen LogP contribution >= 0.6 is 12.2 Å². The van der Waals surface area contributed by atoms with E-state index in [4.69, 9.17) is 17.0 Å². The van der Waals surface area contributed by atoms with Crippen molar-refractivity contribution in [2.45, 2.75) is 12.9 Å². The monoisotopic (exact) mass is 427 g/mol. The van der Waals surface area contributed by atoms with Crippen molar-refractivity contribution in [3.05, 3.63) is 60.2 Å². The van der Waals surface area contributed by atoms with Gasteiger partial charge in [0.1, 0.15) is 5.75 Å². The van der Waals surface area contributed by atoms with Gasteiger partial charge in [0.25, 0.3) is 0 Å². The van der Waals surface area contributed by atoms with Crippen molar-refractivity contribution >= 4 is 23.0 Å². The van der Waals surface area contributed by atoms with Crippen LogP contribution in [0.15, 0.2) is 54.6 Å². The highest BCUT2D eigenvalue weighted by Crippen LogP contribution is 2.23. The lowest BCUT2D eigenvalue weighted by Crippen LogP contribution is -2.32. The van der Waals surface area contributed by atoms with Crippen LogP contribution in [-0.4, -0.2) is 49.7 Å². The molecule has 0 radical (unpaired) electrons. The Bertz CT molecular complexity index is 743. The standard InChI is InChI=1S/C20H24F3N3O2S/c1-26(15-16-5-3-2-4-6-16)12-14-27-13-11-24-19(29)25-17-7-9-18(10-8-17)28-20(21,22)23/h2-10H,11-15H2,1H3,(H2,24,25,29). The summed E-state index contributed by atoms with van der Waals surface area (Å²) in [6.07, 6.45) is -4.71. The van der Waals surface area contributed by atoms with Gasteiger partial charge in [-0.15, -0.1) is 13.2 Å². The van der Waals surface area contributed by atoms with Crippen LogP contribution in [0.1, 0.15) is 5.56 Å². The molecule has 0 fully saturated rings. The van der Waals surface area contributed by atoms with Crippen molar-refractivity contribution in [1.29, 1.82) is 0 Å². The zero-order valence-corrected chi connectivity index (χ0v) is 16.9. The molecule has 2 aromatic rings. The number of hydrogen-bond donors (Lipinski definition) is 2. The van der Waals surface area contributed by atoms with Gasteiger partial charge >= 0.3 is 6.36 Å². The Morgan fingerprint density at radius 1 is 1.03 bits per heavy atom. The lowest BCUT2D eigenvalue weighted by molar-refractivity contribution is -0.274. The minimum absolute atomic E-state index is 0.285. The van der Waals surface area contributed by atoms with Gasteiger partial charge in [-0.3, -0.25) is 4.90 Å². The number of halogens is 3. The van der Waals surface area contributed by atoms with Gasteiger partial charge in [0, 0.05) is 25.3 Å². The van der Waals surface area contributed by atoms with Gasteiger partial charge in [-0.25, -0.2) is 0 Å². The van der Waals surface area contributed by atoms with Gasteiger partial charge in [0.15, 0.2) is 5.11 Å². The van der Waals surface area contributed by atoms with Crippen molar-refractivity contribution in [2.24, 2.45) is 0 Å². The van der Waals surface area contributed by atoms with Gasteiger partial charge in [-0.05, 0) is 49.1 Å². The maximum Gasteiger partial charge on any atom is 0.573 e. The molecule has 2 aromatic carbocycles. The third-order valence-corrected chi connectivity index (χ3v) is 4.04. The third-order valence-electron chi connectivity index (χ3n) is 3.79. The van der Waals surface area contributed by atoms with Crippen LogP contribution in [0.25, 0.3) is 0 Å². The molecule has 0 aromatic heterocycles. The van der Waals surface area contributed by atoms with Crippen LogP contribution < -0.4 is 15.4 Å². The Kier molecular flexibility index (Phi) is 9.17. The molecule has 158 valence electrons. The van der Waals surface area contributed by atoms with Gasteiger partial charge in [-0.2, -0.15) is 0 Å². The maximum absolute atomic E-state index is 12.1. The summed E-state index contributed by atoms with van der Waals surface area (Å²) in [5.41, 5.74) is 1.81. The lowest BCUT2D eigenvalue weighted by atomic mass is 10.2. The largest absolute Gasteiger partial charge is 0.573 e. The SMILES string of the molecule is CN(CCOCCNC(=S)Nc1ccc(OC(F)(F)F)cc1)Cc1ccccc1. The first-order valence-electron chi connectivity index (χ1n) is 9.03. The van der Waals surface area contributed by atoms with Crippen LogP contribution in [0.4, 0.5) is 18.9 Å². The van der Waals surface area contributed by atoms with Crippen molar-refractivity contribution in [1.82, 2.24) is 10.2 Å². The Labute approximate surface area is 173 Å². The second kappa shape index (κ2) is 11.6. The van der Waals surface area contributed by atoms with Crippen LogP contribution in [-0.2, 0) is 11.3 Å². The summed E-state index contributed by atoms with van der Waals surface area (Å²) in [6.45, 7) is 3.28. The summed E-state index contributed by atoms with van der Waals surface area (Å²) >= 11 is 5.15. The predicted molar refractivity (Wildman–Crippen MR) is 111 cm³/mol. The van der Waals surface area contributed by atoms with Crippen molar-refractivity contribution in [3.8, 4) is 5.75 Å². The Hall–Kier alpha value is -2.36. The highest BCUT2D eigenvalue weighted by Gasteiger charge is 2.30. The van der Waals surface area contributed by atoms with Gasteiger partial charge in [0.2, 0.25) is 0 Å². The number of anilines is 1. The number of alkyl halides is 3. The molecule has 0 amide bonds. The van der Waals surface area contributed by atoms with E-state index < -0.39 is 6.36 Å². The molecule has 0 aliphatic carbocycles. The zero-order valence-electron chi connectivity index (χ0n) is 16.0. The van der Waals surface area contributed by atoms with E-state index in [1.54, 1.807) is 0 Å². The second-order valence-electron chi connectivity index (χ2n) is 6.29. The fraction of sp³-hybridized carbons (Fsp3) is 0.350. The van der Waals surface area contributed by atoms with E-state index >= 15 is 0 Å². The molecule has 0 aliphatic rings. The summed E-state index contributed by atoms with van der Waals surface area (Å²) in [7, 11) is 2.04. The zero-order chi connectivity index (χ0) is 21.1. The Balaban J connectivity index is 1.55. The molecule has 0 bridgehead atoms. The van der Waals surface area contributed by atoms with Crippen molar-refractivity contribution in [2.75, 3.05) is 38.7 Å². The number of ether oxygens (including phenoxy) is 2. The highest BCUT2D eigenvalue weighted by molar-refractivity contribution is 7.80. The summed E-state index contributed by atoms with van der Waals surface area (Å²) in [4.78, 5) is 2.18. The average molecular weight is 427 g/mol. The first-order valence-corrected chi connectivity index (χ1v) is 9.43. The average Bonchev–Trinajstić information content (AvgIpc) is 2.66. The van der Waals surface area contributed by atoms with E-state index in [2.05, 4.69) is 32.4 Å². The minimum Gasteiger partial charge on any atom is -0.406 e.